The minimum atomic E-state index is -0.888. The molecule has 148 valence electrons. The third kappa shape index (κ3) is 3.59. The highest BCUT2D eigenvalue weighted by Gasteiger charge is 2.38. The zero-order chi connectivity index (χ0) is 20.6. The first kappa shape index (κ1) is 19.7. The van der Waals surface area contributed by atoms with Gasteiger partial charge in [0.25, 0.3) is 0 Å². The fourth-order valence-corrected chi connectivity index (χ4v) is 3.66. The largest absolute Gasteiger partial charge is 0.456 e. The molecule has 0 bridgehead atoms. The number of hydrogen-bond donors (Lipinski definition) is 1. The Morgan fingerprint density at radius 1 is 0.931 bits per heavy atom. The van der Waals surface area contributed by atoms with E-state index in [1.54, 1.807) is 0 Å². The summed E-state index contributed by atoms with van der Waals surface area (Å²) in [6.45, 7) is 7.65. The highest BCUT2D eigenvalue weighted by Crippen LogP contribution is 2.36. The van der Waals surface area contributed by atoms with Crippen LogP contribution in [0.3, 0.4) is 0 Å². The summed E-state index contributed by atoms with van der Waals surface area (Å²) in [5, 5.41) is 12.8. The molecule has 0 spiro atoms. The van der Waals surface area contributed by atoms with Crippen molar-refractivity contribution in [3.8, 4) is 11.1 Å². The Kier molecular flexibility index (Phi) is 5.01. The van der Waals surface area contributed by atoms with Crippen LogP contribution in [0.5, 0.6) is 0 Å². The van der Waals surface area contributed by atoms with E-state index in [9.17, 15) is 5.11 Å². The molecule has 1 atom stereocenters. The molecule has 0 radical (unpaired) electrons. The molecule has 0 aliphatic carbocycles. The van der Waals surface area contributed by atoms with E-state index in [1.807, 2.05) is 52.0 Å². The predicted octanol–water partition coefficient (Wildman–Crippen LogP) is 5.19. The molecule has 29 heavy (non-hydrogen) atoms. The fourth-order valence-electron chi connectivity index (χ4n) is 3.66. The molecule has 0 amide bonds. The second kappa shape index (κ2) is 7.36. The van der Waals surface area contributed by atoms with Crippen LogP contribution in [0, 0.1) is 0 Å². The van der Waals surface area contributed by atoms with Crippen molar-refractivity contribution in [3.63, 3.8) is 0 Å². The molecule has 4 heteroatoms. The molecule has 0 fully saturated rings. The summed E-state index contributed by atoms with van der Waals surface area (Å²) in [6.07, 6.45) is 0.630. The molecule has 4 rings (SSSR count). The number of hydrogen-bond acceptors (Lipinski definition) is 3. The Hall–Kier alpha value is -2.56. The van der Waals surface area contributed by atoms with E-state index < -0.39 is 11.2 Å². The molecule has 0 saturated carbocycles. The Morgan fingerprint density at radius 2 is 1.69 bits per heavy atom. The van der Waals surface area contributed by atoms with Crippen molar-refractivity contribution in [2.75, 3.05) is 0 Å². The van der Waals surface area contributed by atoms with Crippen LogP contribution >= 0.6 is 0 Å². The smallest absolute Gasteiger partial charge is 0.309 e. The van der Waals surface area contributed by atoms with E-state index in [0.717, 1.165) is 27.4 Å². The van der Waals surface area contributed by atoms with Gasteiger partial charge in [-0.1, -0.05) is 61.5 Å². The minimum Gasteiger partial charge on any atom is -0.456 e. The molecule has 4 aromatic rings. The average Bonchev–Trinajstić information content (AvgIpc) is 3.10. The minimum absolute atomic E-state index is 0.418. The zero-order valence-electron chi connectivity index (χ0n) is 17.5. The van der Waals surface area contributed by atoms with E-state index in [4.69, 9.17) is 9.07 Å². The summed E-state index contributed by atoms with van der Waals surface area (Å²) in [6, 6.07) is 22.8. The predicted molar refractivity (Wildman–Crippen MR) is 122 cm³/mol. The fraction of sp³-hybridized carbons (Fsp3) is 0.280. The summed E-state index contributed by atoms with van der Waals surface area (Å²) in [4.78, 5) is 0. The Bertz CT molecular complexity index is 1140. The molecular formula is C25H27BO3. The first-order valence-corrected chi connectivity index (χ1v) is 10.2. The van der Waals surface area contributed by atoms with E-state index >= 15 is 0 Å². The van der Waals surface area contributed by atoms with Gasteiger partial charge in [0.1, 0.15) is 11.2 Å². The maximum absolute atomic E-state index is 10.6. The van der Waals surface area contributed by atoms with Gasteiger partial charge in [-0.05, 0) is 55.9 Å². The van der Waals surface area contributed by atoms with Crippen LogP contribution in [0.15, 0.2) is 71.1 Å². The molecule has 3 aromatic carbocycles. The van der Waals surface area contributed by atoms with Crippen molar-refractivity contribution in [2.24, 2.45) is 0 Å². The number of benzene rings is 3. The van der Waals surface area contributed by atoms with E-state index in [2.05, 4.69) is 42.5 Å². The van der Waals surface area contributed by atoms with Crippen LogP contribution < -0.4 is 5.46 Å². The van der Waals surface area contributed by atoms with Crippen molar-refractivity contribution in [1.82, 2.24) is 0 Å². The van der Waals surface area contributed by atoms with Gasteiger partial charge >= 0.3 is 7.48 Å². The van der Waals surface area contributed by atoms with Gasteiger partial charge in [-0.15, -0.1) is 0 Å². The van der Waals surface area contributed by atoms with E-state index in [1.165, 1.54) is 11.1 Å². The standard InChI is InChI=1S/C25H27BO3/c1-5-25(4,27)24(2,3)29-26-18-14-15-20-22(16-18)28-21-13-9-12-19(23(20)21)17-10-7-6-8-11-17/h6-16,26-27H,5H2,1-4H3. The van der Waals surface area contributed by atoms with Gasteiger partial charge in [0.05, 0.1) is 11.2 Å². The molecule has 1 heterocycles. The van der Waals surface area contributed by atoms with Crippen molar-refractivity contribution in [3.05, 3.63) is 66.7 Å². The maximum atomic E-state index is 10.6. The SMILES string of the molecule is CCC(C)(O)C(C)(C)OBc1ccc2c(c1)oc1cccc(-c3ccccc3)c12. The topological polar surface area (TPSA) is 42.6 Å². The van der Waals surface area contributed by atoms with Crippen molar-refractivity contribution < 1.29 is 14.2 Å². The van der Waals surface area contributed by atoms with E-state index in [0.29, 0.717) is 13.9 Å². The molecule has 1 unspecified atom stereocenters. The number of rotatable bonds is 6. The van der Waals surface area contributed by atoms with Gasteiger partial charge in [0.2, 0.25) is 0 Å². The van der Waals surface area contributed by atoms with Crippen molar-refractivity contribution in [2.45, 2.75) is 45.3 Å². The lowest BCUT2D eigenvalue weighted by atomic mass is 9.80. The molecule has 0 aliphatic rings. The van der Waals surface area contributed by atoms with Crippen molar-refractivity contribution in [1.29, 1.82) is 0 Å². The number of furan rings is 1. The third-order valence-corrected chi connectivity index (χ3v) is 6.23. The summed E-state index contributed by atoms with van der Waals surface area (Å²) in [5.74, 6) is 0. The van der Waals surface area contributed by atoms with Gasteiger partial charge in [-0.2, -0.15) is 0 Å². The van der Waals surface area contributed by atoms with Crippen LogP contribution in [0.1, 0.15) is 34.1 Å². The highest BCUT2D eigenvalue weighted by atomic mass is 16.5. The van der Waals surface area contributed by atoms with E-state index in [-0.39, 0.29) is 0 Å². The summed E-state index contributed by atoms with van der Waals surface area (Å²) >= 11 is 0. The van der Waals surface area contributed by atoms with Gasteiger partial charge in [0.15, 0.2) is 0 Å². The van der Waals surface area contributed by atoms with Gasteiger partial charge in [0, 0.05) is 10.8 Å². The lowest BCUT2D eigenvalue weighted by Gasteiger charge is -2.39. The van der Waals surface area contributed by atoms with Crippen LogP contribution in [-0.4, -0.2) is 23.8 Å². The Balaban J connectivity index is 1.70. The highest BCUT2D eigenvalue weighted by molar-refractivity contribution is 6.47. The Morgan fingerprint density at radius 3 is 2.41 bits per heavy atom. The van der Waals surface area contributed by atoms with Crippen molar-refractivity contribution >= 4 is 34.9 Å². The molecule has 0 aliphatic heterocycles. The second-order valence-corrected chi connectivity index (χ2v) is 8.40. The number of aliphatic hydroxyl groups is 1. The summed E-state index contributed by atoms with van der Waals surface area (Å²) < 4.78 is 12.3. The van der Waals surface area contributed by atoms with Crippen LogP contribution in [0.2, 0.25) is 0 Å². The second-order valence-electron chi connectivity index (χ2n) is 8.40. The van der Waals surface area contributed by atoms with Crippen LogP contribution in [0.4, 0.5) is 0 Å². The van der Waals surface area contributed by atoms with Crippen LogP contribution in [-0.2, 0) is 4.65 Å². The monoisotopic (exact) mass is 386 g/mol. The molecule has 1 aromatic heterocycles. The lowest BCUT2D eigenvalue weighted by Crippen LogP contribution is -2.51. The molecular weight excluding hydrogens is 359 g/mol. The summed E-state index contributed by atoms with van der Waals surface area (Å²) in [7, 11) is 0.418. The molecule has 1 N–H and O–H groups in total. The number of fused-ring (bicyclic) bond motifs is 3. The summed E-state index contributed by atoms with van der Waals surface area (Å²) in [5.41, 5.74) is 3.57. The first-order valence-electron chi connectivity index (χ1n) is 10.2. The maximum Gasteiger partial charge on any atom is 0.309 e. The lowest BCUT2D eigenvalue weighted by molar-refractivity contribution is -0.104. The van der Waals surface area contributed by atoms with Gasteiger partial charge in [-0.25, -0.2) is 0 Å². The average molecular weight is 386 g/mol. The third-order valence-electron chi connectivity index (χ3n) is 6.23. The van der Waals surface area contributed by atoms with Gasteiger partial charge in [-0.3, -0.25) is 0 Å². The molecule has 0 saturated heterocycles. The Labute approximate surface area is 172 Å². The first-order chi connectivity index (χ1) is 13.8. The van der Waals surface area contributed by atoms with Crippen LogP contribution in [0.25, 0.3) is 33.1 Å². The normalized spacial score (nSPS) is 14.2. The quantitative estimate of drug-likeness (QED) is 0.464. The molecule has 3 nitrogen and oxygen atoms in total. The van der Waals surface area contributed by atoms with Gasteiger partial charge < -0.3 is 14.2 Å². The zero-order valence-corrected chi connectivity index (χ0v) is 17.5.